The van der Waals surface area contributed by atoms with Crippen molar-refractivity contribution in [3.63, 3.8) is 0 Å². The molecule has 8 heteroatoms. The number of nitrogens with one attached hydrogen (secondary N) is 1. The summed E-state index contributed by atoms with van der Waals surface area (Å²) in [4.78, 5) is 18.3. The fraction of sp³-hybridized carbons (Fsp3) is 0.294. The molecule has 25 heavy (non-hydrogen) atoms. The third-order valence-corrected chi connectivity index (χ3v) is 6.25. The first-order valence-electron chi connectivity index (χ1n) is 7.80. The number of rotatable bonds is 4. The first kappa shape index (κ1) is 17.7. The summed E-state index contributed by atoms with van der Waals surface area (Å²) < 4.78 is 23.2. The average molecular weight is 380 g/mol. The van der Waals surface area contributed by atoms with Crippen molar-refractivity contribution < 1.29 is 13.2 Å². The molecule has 1 saturated heterocycles. The highest BCUT2D eigenvalue weighted by atomic mass is 35.5. The van der Waals surface area contributed by atoms with E-state index < -0.39 is 9.84 Å². The van der Waals surface area contributed by atoms with Crippen LogP contribution in [0, 0.1) is 0 Å². The van der Waals surface area contributed by atoms with Crippen LogP contribution in [0.2, 0.25) is 5.02 Å². The number of hydrogen-bond donors (Lipinski definition) is 1. The number of hydrogen-bond acceptors (Lipinski definition) is 5. The molecule has 1 atom stereocenters. The SMILES string of the molecule is CN(c1ccc(C(=O)Nc2ccc(Cl)cc2)nc1)C1CCS(=O)(=O)C1. The lowest BCUT2D eigenvalue weighted by Gasteiger charge is -2.25. The highest BCUT2D eigenvalue weighted by Crippen LogP contribution is 2.22. The topological polar surface area (TPSA) is 79.4 Å². The molecule has 3 rings (SSSR count). The number of halogens is 1. The van der Waals surface area contributed by atoms with Crippen LogP contribution in [-0.4, -0.2) is 43.9 Å². The third-order valence-electron chi connectivity index (χ3n) is 4.25. The number of amides is 1. The van der Waals surface area contributed by atoms with Gasteiger partial charge in [0.15, 0.2) is 9.84 Å². The van der Waals surface area contributed by atoms with E-state index in [0.717, 1.165) is 5.69 Å². The summed E-state index contributed by atoms with van der Waals surface area (Å²) in [6.45, 7) is 0. The van der Waals surface area contributed by atoms with Crippen molar-refractivity contribution in [1.29, 1.82) is 0 Å². The number of aromatic nitrogens is 1. The van der Waals surface area contributed by atoms with Crippen LogP contribution in [0.5, 0.6) is 0 Å². The largest absolute Gasteiger partial charge is 0.369 e. The molecule has 1 aromatic heterocycles. The summed E-state index contributed by atoms with van der Waals surface area (Å²) in [6, 6.07) is 10.2. The van der Waals surface area contributed by atoms with Gasteiger partial charge in [0, 0.05) is 23.8 Å². The van der Waals surface area contributed by atoms with Crippen LogP contribution in [0.4, 0.5) is 11.4 Å². The van der Waals surface area contributed by atoms with E-state index in [4.69, 9.17) is 11.6 Å². The number of carbonyl (C=O) groups is 1. The molecule has 0 aliphatic carbocycles. The zero-order chi connectivity index (χ0) is 18.0. The molecule has 1 aromatic carbocycles. The van der Waals surface area contributed by atoms with Gasteiger partial charge in [0.25, 0.3) is 5.91 Å². The minimum absolute atomic E-state index is 0.0551. The maximum Gasteiger partial charge on any atom is 0.274 e. The highest BCUT2D eigenvalue weighted by molar-refractivity contribution is 7.91. The van der Waals surface area contributed by atoms with Crippen LogP contribution in [0.1, 0.15) is 16.9 Å². The molecule has 0 saturated carbocycles. The molecule has 1 fully saturated rings. The Hall–Kier alpha value is -2.12. The molecular formula is C17H18ClN3O3S. The number of pyridine rings is 1. The standard InChI is InChI=1S/C17H18ClN3O3S/c1-21(15-8-9-25(23,24)11-15)14-6-7-16(19-10-14)17(22)20-13-4-2-12(18)3-5-13/h2-7,10,15H,8-9,11H2,1H3,(H,20,22). The zero-order valence-electron chi connectivity index (χ0n) is 13.6. The maximum absolute atomic E-state index is 12.2. The van der Waals surface area contributed by atoms with Crippen LogP contribution in [0.15, 0.2) is 42.6 Å². The lowest BCUT2D eigenvalue weighted by Crippen LogP contribution is -2.32. The second kappa shape index (κ2) is 7.01. The maximum atomic E-state index is 12.2. The third kappa shape index (κ3) is 4.29. The zero-order valence-corrected chi connectivity index (χ0v) is 15.2. The van der Waals surface area contributed by atoms with Crippen LogP contribution >= 0.6 is 11.6 Å². The molecule has 6 nitrogen and oxygen atoms in total. The minimum Gasteiger partial charge on any atom is -0.369 e. The van der Waals surface area contributed by atoms with Crippen molar-refractivity contribution in [2.75, 3.05) is 28.8 Å². The quantitative estimate of drug-likeness (QED) is 0.883. The van der Waals surface area contributed by atoms with E-state index in [9.17, 15) is 13.2 Å². The average Bonchev–Trinajstić information content (AvgIpc) is 2.96. The van der Waals surface area contributed by atoms with E-state index in [-0.39, 0.29) is 29.1 Å². The van der Waals surface area contributed by atoms with E-state index in [1.165, 1.54) is 0 Å². The second-order valence-electron chi connectivity index (χ2n) is 6.03. The van der Waals surface area contributed by atoms with E-state index in [2.05, 4.69) is 10.3 Å². The normalized spacial score (nSPS) is 18.7. The van der Waals surface area contributed by atoms with Gasteiger partial charge in [-0.05, 0) is 42.8 Å². The Labute approximate surface area is 151 Å². The van der Waals surface area contributed by atoms with Gasteiger partial charge in [0.05, 0.1) is 23.4 Å². The monoisotopic (exact) mass is 379 g/mol. The van der Waals surface area contributed by atoms with Gasteiger partial charge in [-0.1, -0.05) is 11.6 Å². The molecule has 1 N–H and O–H groups in total. The van der Waals surface area contributed by atoms with Gasteiger partial charge in [-0.2, -0.15) is 0 Å². The predicted molar refractivity (Wildman–Crippen MR) is 99.1 cm³/mol. The first-order valence-corrected chi connectivity index (χ1v) is 10.0. The number of nitrogens with zero attached hydrogens (tertiary/aromatic N) is 2. The number of sulfone groups is 1. The van der Waals surface area contributed by atoms with Gasteiger partial charge < -0.3 is 10.2 Å². The fourth-order valence-electron chi connectivity index (χ4n) is 2.75. The Bertz CT molecular complexity index is 867. The van der Waals surface area contributed by atoms with Gasteiger partial charge in [0.1, 0.15) is 5.69 Å². The summed E-state index contributed by atoms with van der Waals surface area (Å²) in [5.74, 6) is 0.0549. The van der Waals surface area contributed by atoms with Crippen molar-refractivity contribution in [2.45, 2.75) is 12.5 Å². The Balaban J connectivity index is 1.67. The summed E-state index contributed by atoms with van der Waals surface area (Å²) in [5, 5.41) is 3.34. The minimum atomic E-state index is -2.94. The van der Waals surface area contributed by atoms with Gasteiger partial charge in [-0.25, -0.2) is 13.4 Å². The van der Waals surface area contributed by atoms with Gasteiger partial charge in [-0.3, -0.25) is 4.79 Å². The van der Waals surface area contributed by atoms with Crippen molar-refractivity contribution in [2.24, 2.45) is 0 Å². The van der Waals surface area contributed by atoms with Crippen molar-refractivity contribution >= 4 is 38.7 Å². The van der Waals surface area contributed by atoms with E-state index in [1.807, 2.05) is 11.9 Å². The van der Waals surface area contributed by atoms with Crippen LogP contribution in [0.25, 0.3) is 0 Å². The molecule has 132 valence electrons. The molecule has 0 bridgehead atoms. The molecule has 1 amide bonds. The lowest BCUT2D eigenvalue weighted by molar-refractivity contribution is 0.102. The molecular weight excluding hydrogens is 362 g/mol. The van der Waals surface area contributed by atoms with Crippen molar-refractivity contribution in [3.05, 3.63) is 53.3 Å². The molecule has 1 aliphatic heterocycles. The first-order chi connectivity index (χ1) is 11.8. The molecule has 2 aromatic rings. The second-order valence-corrected chi connectivity index (χ2v) is 8.70. The van der Waals surface area contributed by atoms with E-state index in [1.54, 1.807) is 42.6 Å². The molecule has 0 spiro atoms. The van der Waals surface area contributed by atoms with Gasteiger partial charge in [-0.15, -0.1) is 0 Å². The van der Waals surface area contributed by atoms with Crippen LogP contribution in [-0.2, 0) is 9.84 Å². The Morgan fingerprint density at radius 1 is 1.24 bits per heavy atom. The molecule has 1 unspecified atom stereocenters. The summed E-state index contributed by atoms with van der Waals surface area (Å²) in [5.41, 5.74) is 1.70. The Morgan fingerprint density at radius 3 is 2.52 bits per heavy atom. The Morgan fingerprint density at radius 2 is 1.96 bits per heavy atom. The molecule has 0 radical (unpaired) electrons. The number of benzene rings is 1. The lowest BCUT2D eigenvalue weighted by atomic mass is 10.2. The number of carbonyl (C=O) groups excluding carboxylic acids is 1. The van der Waals surface area contributed by atoms with E-state index >= 15 is 0 Å². The molecule has 2 heterocycles. The summed E-state index contributed by atoms with van der Waals surface area (Å²) in [7, 11) is -1.10. The van der Waals surface area contributed by atoms with Gasteiger partial charge >= 0.3 is 0 Å². The Kier molecular flexibility index (Phi) is 4.96. The van der Waals surface area contributed by atoms with Crippen molar-refractivity contribution in [3.8, 4) is 0 Å². The van der Waals surface area contributed by atoms with Crippen molar-refractivity contribution in [1.82, 2.24) is 4.98 Å². The fourth-order valence-corrected chi connectivity index (χ4v) is 4.65. The summed E-state index contributed by atoms with van der Waals surface area (Å²) in [6.07, 6.45) is 2.19. The molecule has 1 aliphatic rings. The smallest absolute Gasteiger partial charge is 0.274 e. The van der Waals surface area contributed by atoms with Gasteiger partial charge in [0.2, 0.25) is 0 Å². The van der Waals surface area contributed by atoms with Crippen LogP contribution < -0.4 is 10.2 Å². The summed E-state index contributed by atoms with van der Waals surface area (Å²) >= 11 is 5.82. The number of anilines is 2. The van der Waals surface area contributed by atoms with Crippen LogP contribution in [0.3, 0.4) is 0 Å². The van der Waals surface area contributed by atoms with E-state index in [0.29, 0.717) is 17.1 Å². The highest BCUT2D eigenvalue weighted by Gasteiger charge is 2.30. The predicted octanol–water partition coefficient (Wildman–Crippen LogP) is 2.61.